The third kappa shape index (κ3) is 5.61. The van der Waals surface area contributed by atoms with Crippen LogP contribution in [-0.4, -0.2) is 79.4 Å². The van der Waals surface area contributed by atoms with Gasteiger partial charge in [0.2, 0.25) is 17.7 Å². The molecule has 1 heterocycles. The molecule has 0 atom stereocenters. The maximum absolute atomic E-state index is 12.5. The van der Waals surface area contributed by atoms with E-state index in [0.717, 1.165) is 5.56 Å². The fourth-order valence-electron chi connectivity index (χ4n) is 3.21. The lowest BCUT2D eigenvalue weighted by Crippen LogP contribution is -2.50. The van der Waals surface area contributed by atoms with Crippen LogP contribution in [0, 0.1) is 0 Å². The zero-order valence-electron chi connectivity index (χ0n) is 17.1. The van der Waals surface area contributed by atoms with E-state index in [1.165, 1.54) is 13.8 Å². The van der Waals surface area contributed by atoms with Crippen LogP contribution in [0.4, 0.5) is 0 Å². The van der Waals surface area contributed by atoms with Gasteiger partial charge in [-0.3, -0.25) is 14.4 Å². The Morgan fingerprint density at radius 1 is 0.964 bits per heavy atom. The van der Waals surface area contributed by atoms with Gasteiger partial charge in [-0.1, -0.05) is 6.07 Å². The maximum atomic E-state index is 12.5. The Kier molecular flexibility index (Phi) is 7.66. The third-order valence-corrected chi connectivity index (χ3v) is 4.94. The van der Waals surface area contributed by atoms with Crippen molar-refractivity contribution in [1.82, 2.24) is 14.7 Å². The second-order valence-electron chi connectivity index (χ2n) is 6.77. The van der Waals surface area contributed by atoms with Crippen molar-refractivity contribution >= 4 is 17.7 Å². The number of amides is 3. The van der Waals surface area contributed by atoms with Crippen molar-refractivity contribution in [3.05, 3.63) is 23.8 Å². The van der Waals surface area contributed by atoms with Gasteiger partial charge in [0.05, 0.1) is 14.2 Å². The van der Waals surface area contributed by atoms with Gasteiger partial charge in [-0.05, 0) is 17.7 Å². The summed E-state index contributed by atoms with van der Waals surface area (Å²) >= 11 is 0. The molecule has 1 fully saturated rings. The highest BCUT2D eigenvalue weighted by Gasteiger charge is 2.23. The summed E-state index contributed by atoms with van der Waals surface area (Å²) < 4.78 is 10.5. The number of hydrogen-bond acceptors (Lipinski definition) is 5. The molecular weight excluding hydrogens is 362 g/mol. The molecule has 3 amide bonds. The first-order valence-electron chi connectivity index (χ1n) is 9.35. The fourth-order valence-corrected chi connectivity index (χ4v) is 3.21. The van der Waals surface area contributed by atoms with E-state index in [4.69, 9.17) is 9.47 Å². The van der Waals surface area contributed by atoms with Crippen molar-refractivity contribution in [1.29, 1.82) is 0 Å². The van der Waals surface area contributed by atoms with E-state index < -0.39 is 0 Å². The third-order valence-electron chi connectivity index (χ3n) is 4.94. The molecule has 1 aliphatic heterocycles. The van der Waals surface area contributed by atoms with Crippen LogP contribution >= 0.6 is 0 Å². The number of carbonyl (C=O) groups is 3. The Labute approximate surface area is 166 Å². The van der Waals surface area contributed by atoms with Gasteiger partial charge in [0, 0.05) is 59.5 Å². The topological polar surface area (TPSA) is 79.4 Å². The highest BCUT2D eigenvalue weighted by molar-refractivity contribution is 5.79. The monoisotopic (exact) mass is 391 g/mol. The zero-order valence-corrected chi connectivity index (χ0v) is 17.1. The van der Waals surface area contributed by atoms with E-state index >= 15 is 0 Å². The zero-order chi connectivity index (χ0) is 20.7. The molecule has 1 aromatic rings. The van der Waals surface area contributed by atoms with Gasteiger partial charge in [-0.2, -0.15) is 0 Å². The average molecular weight is 391 g/mol. The van der Waals surface area contributed by atoms with Crippen LogP contribution in [0.1, 0.15) is 25.8 Å². The van der Waals surface area contributed by atoms with Crippen LogP contribution in [0.2, 0.25) is 0 Å². The molecule has 0 radical (unpaired) electrons. The van der Waals surface area contributed by atoms with E-state index in [2.05, 4.69) is 0 Å². The molecule has 0 aromatic heterocycles. The molecular formula is C20H29N3O5. The number of ether oxygens (including phenoxy) is 2. The molecule has 0 saturated carbocycles. The summed E-state index contributed by atoms with van der Waals surface area (Å²) in [5.74, 6) is 1.17. The summed E-state index contributed by atoms with van der Waals surface area (Å²) in [5, 5.41) is 0. The number of nitrogens with zero attached hydrogens (tertiary/aromatic N) is 3. The summed E-state index contributed by atoms with van der Waals surface area (Å²) in [4.78, 5) is 41.0. The highest BCUT2D eigenvalue weighted by atomic mass is 16.5. The normalized spacial score (nSPS) is 13.9. The van der Waals surface area contributed by atoms with Crippen molar-refractivity contribution in [3.8, 4) is 11.5 Å². The average Bonchev–Trinajstić information content (AvgIpc) is 2.70. The van der Waals surface area contributed by atoms with Gasteiger partial charge in [0.25, 0.3) is 0 Å². The standard InChI is InChI=1S/C20H29N3O5/c1-15(24)21-9-11-22(12-10-21)20(26)7-8-23(16(2)25)14-17-5-6-18(27-3)19(13-17)28-4/h5-6,13H,7-12,14H2,1-4H3. The van der Waals surface area contributed by atoms with Crippen molar-refractivity contribution in [2.75, 3.05) is 46.9 Å². The minimum Gasteiger partial charge on any atom is -0.493 e. The molecule has 0 unspecified atom stereocenters. The van der Waals surface area contributed by atoms with Crippen LogP contribution in [0.3, 0.4) is 0 Å². The summed E-state index contributed by atoms with van der Waals surface area (Å²) in [6.45, 7) is 5.96. The van der Waals surface area contributed by atoms with Gasteiger partial charge in [-0.25, -0.2) is 0 Å². The van der Waals surface area contributed by atoms with E-state index in [1.54, 1.807) is 35.0 Å². The molecule has 1 aromatic carbocycles. The molecule has 0 bridgehead atoms. The molecule has 1 saturated heterocycles. The lowest BCUT2D eigenvalue weighted by atomic mass is 10.1. The first-order chi connectivity index (χ1) is 13.3. The molecule has 0 spiro atoms. The number of methoxy groups -OCH3 is 2. The number of hydrogen-bond donors (Lipinski definition) is 0. The first-order valence-corrected chi connectivity index (χ1v) is 9.35. The SMILES string of the molecule is COc1ccc(CN(CCC(=O)N2CCN(C(C)=O)CC2)C(C)=O)cc1OC. The van der Waals surface area contributed by atoms with Crippen LogP contribution in [0.25, 0.3) is 0 Å². The second kappa shape index (κ2) is 9.96. The summed E-state index contributed by atoms with van der Waals surface area (Å²) in [6, 6.07) is 5.50. The predicted octanol–water partition coefficient (Wildman–Crippen LogP) is 1.13. The molecule has 1 aliphatic rings. The summed E-state index contributed by atoms with van der Waals surface area (Å²) in [7, 11) is 3.14. The van der Waals surface area contributed by atoms with E-state index in [1.807, 2.05) is 12.1 Å². The van der Waals surface area contributed by atoms with Crippen LogP contribution in [0.15, 0.2) is 18.2 Å². The fraction of sp³-hybridized carbons (Fsp3) is 0.550. The molecule has 154 valence electrons. The Bertz CT molecular complexity index is 714. The van der Waals surface area contributed by atoms with Gasteiger partial charge in [0.1, 0.15) is 0 Å². The molecule has 0 N–H and O–H groups in total. The Hall–Kier alpha value is -2.77. The van der Waals surface area contributed by atoms with Crippen molar-refractivity contribution in [3.63, 3.8) is 0 Å². The van der Waals surface area contributed by atoms with Gasteiger partial charge >= 0.3 is 0 Å². The van der Waals surface area contributed by atoms with Crippen LogP contribution < -0.4 is 9.47 Å². The number of benzene rings is 1. The number of rotatable bonds is 7. The van der Waals surface area contributed by atoms with E-state index in [0.29, 0.717) is 50.8 Å². The van der Waals surface area contributed by atoms with E-state index in [-0.39, 0.29) is 24.1 Å². The molecule has 28 heavy (non-hydrogen) atoms. The Morgan fingerprint density at radius 3 is 2.11 bits per heavy atom. The number of carbonyl (C=O) groups excluding carboxylic acids is 3. The summed E-state index contributed by atoms with van der Waals surface area (Å²) in [6.07, 6.45) is 0.257. The Morgan fingerprint density at radius 2 is 1.57 bits per heavy atom. The van der Waals surface area contributed by atoms with Crippen molar-refractivity contribution < 1.29 is 23.9 Å². The van der Waals surface area contributed by atoms with Crippen molar-refractivity contribution in [2.24, 2.45) is 0 Å². The van der Waals surface area contributed by atoms with Crippen molar-refractivity contribution in [2.45, 2.75) is 26.8 Å². The first kappa shape index (κ1) is 21.5. The Balaban J connectivity index is 1.92. The minimum atomic E-state index is -0.0935. The number of piperazine rings is 1. The van der Waals surface area contributed by atoms with Crippen LogP contribution in [-0.2, 0) is 20.9 Å². The lowest BCUT2D eigenvalue weighted by Gasteiger charge is -2.34. The molecule has 0 aliphatic carbocycles. The van der Waals surface area contributed by atoms with Gasteiger partial charge in [-0.15, -0.1) is 0 Å². The highest BCUT2D eigenvalue weighted by Crippen LogP contribution is 2.28. The maximum Gasteiger partial charge on any atom is 0.224 e. The van der Waals surface area contributed by atoms with E-state index in [9.17, 15) is 14.4 Å². The van der Waals surface area contributed by atoms with Crippen LogP contribution in [0.5, 0.6) is 11.5 Å². The quantitative estimate of drug-likeness (QED) is 0.696. The molecule has 2 rings (SSSR count). The van der Waals surface area contributed by atoms with Gasteiger partial charge < -0.3 is 24.2 Å². The predicted molar refractivity (Wildman–Crippen MR) is 104 cm³/mol. The van der Waals surface area contributed by atoms with Gasteiger partial charge in [0.15, 0.2) is 11.5 Å². The minimum absolute atomic E-state index is 0.00163. The second-order valence-corrected chi connectivity index (χ2v) is 6.77. The smallest absolute Gasteiger partial charge is 0.224 e. The summed E-state index contributed by atoms with van der Waals surface area (Å²) in [5.41, 5.74) is 0.898. The molecule has 8 heteroatoms. The largest absolute Gasteiger partial charge is 0.493 e. The lowest BCUT2D eigenvalue weighted by molar-refractivity contribution is -0.139. The molecule has 8 nitrogen and oxygen atoms in total.